The molecule has 15 heavy (non-hydrogen) atoms. The maximum Gasteiger partial charge on any atom is -0.00432 e. The zero-order valence-electron chi connectivity index (χ0n) is 10.4. The SMILES string of the molecule is C=C(CCCCCCC)C1CCNCC1. The molecule has 1 rings (SSSR count). The molecule has 88 valence electrons. The first-order valence-corrected chi connectivity index (χ1v) is 6.73. The van der Waals surface area contributed by atoms with Crippen molar-refractivity contribution in [3.8, 4) is 0 Å². The molecule has 0 bridgehead atoms. The summed E-state index contributed by atoms with van der Waals surface area (Å²) >= 11 is 0. The van der Waals surface area contributed by atoms with Crippen LogP contribution in [0.3, 0.4) is 0 Å². The van der Waals surface area contributed by atoms with Crippen molar-refractivity contribution >= 4 is 0 Å². The van der Waals surface area contributed by atoms with Crippen molar-refractivity contribution in [3.05, 3.63) is 12.2 Å². The summed E-state index contributed by atoms with van der Waals surface area (Å²) in [5.74, 6) is 0.817. The van der Waals surface area contributed by atoms with Crippen LogP contribution in [-0.2, 0) is 0 Å². The molecule has 1 N–H and O–H groups in total. The standard InChI is InChI=1S/C14H27N/c1-3-4-5-6-7-8-13(2)14-9-11-15-12-10-14/h14-15H,2-12H2,1H3. The number of allylic oxidation sites excluding steroid dienone is 1. The summed E-state index contributed by atoms with van der Waals surface area (Å²) < 4.78 is 0. The van der Waals surface area contributed by atoms with Gasteiger partial charge in [-0.2, -0.15) is 0 Å². The quantitative estimate of drug-likeness (QED) is 0.495. The Balaban J connectivity index is 2.02. The van der Waals surface area contributed by atoms with Gasteiger partial charge >= 0.3 is 0 Å². The van der Waals surface area contributed by atoms with Gasteiger partial charge in [-0.05, 0) is 44.7 Å². The molecule has 1 heteroatoms. The maximum absolute atomic E-state index is 4.27. The third kappa shape index (κ3) is 5.36. The largest absolute Gasteiger partial charge is 0.317 e. The van der Waals surface area contributed by atoms with Crippen LogP contribution in [0, 0.1) is 5.92 Å². The van der Waals surface area contributed by atoms with E-state index in [-0.39, 0.29) is 0 Å². The summed E-state index contributed by atoms with van der Waals surface area (Å²) in [5.41, 5.74) is 1.52. The molecule has 0 aromatic heterocycles. The second kappa shape index (κ2) is 7.92. The third-order valence-corrected chi connectivity index (χ3v) is 3.52. The Labute approximate surface area is 95.3 Å². The number of rotatable bonds is 7. The maximum atomic E-state index is 4.27. The lowest BCUT2D eigenvalue weighted by molar-refractivity contribution is 0.409. The zero-order valence-corrected chi connectivity index (χ0v) is 10.4. The Hall–Kier alpha value is -0.300. The molecule has 0 atom stereocenters. The van der Waals surface area contributed by atoms with Crippen LogP contribution in [0.5, 0.6) is 0 Å². The molecule has 0 saturated carbocycles. The van der Waals surface area contributed by atoms with E-state index in [0.29, 0.717) is 0 Å². The minimum Gasteiger partial charge on any atom is -0.317 e. The van der Waals surface area contributed by atoms with Crippen LogP contribution in [0.15, 0.2) is 12.2 Å². The summed E-state index contributed by atoms with van der Waals surface area (Å²) in [6.45, 7) is 8.93. The molecule has 0 radical (unpaired) electrons. The van der Waals surface area contributed by atoms with Gasteiger partial charge in [0.1, 0.15) is 0 Å². The molecule has 0 aromatic rings. The number of piperidine rings is 1. The van der Waals surface area contributed by atoms with E-state index in [9.17, 15) is 0 Å². The fourth-order valence-corrected chi connectivity index (χ4v) is 2.39. The second-order valence-electron chi connectivity index (χ2n) is 4.85. The Morgan fingerprint density at radius 3 is 2.47 bits per heavy atom. The second-order valence-corrected chi connectivity index (χ2v) is 4.85. The van der Waals surface area contributed by atoms with Gasteiger partial charge in [-0.3, -0.25) is 0 Å². The van der Waals surface area contributed by atoms with Gasteiger partial charge in [-0.1, -0.05) is 44.8 Å². The molecule has 1 nitrogen and oxygen atoms in total. The Morgan fingerprint density at radius 1 is 1.13 bits per heavy atom. The van der Waals surface area contributed by atoms with Crippen molar-refractivity contribution in [1.29, 1.82) is 0 Å². The third-order valence-electron chi connectivity index (χ3n) is 3.52. The van der Waals surface area contributed by atoms with Gasteiger partial charge in [-0.15, -0.1) is 0 Å². The summed E-state index contributed by atoms with van der Waals surface area (Å²) in [4.78, 5) is 0. The molecule has 1 fully saturated rings. The molecule has 1 saturated heterocycles. The van der Waals surface area contributed by atoms with E-state index < -0.39 is 0 Å². The van der Waals surface area contributed by atoms with Gasteiger partial charge < -0.3 is 5.32 Å². The number of hydrogen-bond acceptors (Lipinski definition) is 1. The summed E-state index contributed by atoms with van der Waals surface area (Å²) in [7, 11) is 0. The molecular formula is C14H27N. The minimum absolute atomic E-state index is 0.817. The fraction of sp³-hybridized carbons (Fsp3) is 0.857. The number of hydrogen-bond donors (Lipinski definition) is 1. The average Bonchev–Trinajstić information content (AvgIpc) is 2.30. The highest BCUT2D eigenvalue weighted by atomic mass is 14.9. The van der Waals surface area contributed by atoms with Gasteiger partial charge in [0.15, 0.2) is 0 Å². The highest BCUT2D eigenvalue weighted by Gasteiger charge is 2.15. The van der Waals surface area contributed by atoms with E-state index >= 15 is 0 Å². The van der Waals surface area contributed by atoms with Crippen LogP contribution in [0.25, 0.3) is 0 Å². The van der Waals surface area contributed by atoms with Crippen molar-refractivity contribution < 1.29 is 0 Å². The zero-order chi connectivity index (χ0) is 10.9. The first-order chi connectivity index (χ1) is 7.34. The Kier molecular flexibility index (Phi) is 6.74. The summed E-state index contributed by atoms with van der Waals surface area (Å²) in [5, 5.41) is 3.41. The fourth-order valence-electron chi connectivity index (χ4n) is 2.39. The minimum atomic E-state index is 0.817. The highest BCUT2D eigenvalue weighted by Crippen LogP contribution is 2.24. The molecule has 0 spiro atoms. The lowest BCUT2D eigenvalue weighted by Crippen LogP contribution is -2.28. The number of nitrogens with one attached hydrogen (secondary N) is 1. The normalized spacial score (nSPS) is 17.9. The Bertz CT molecular complexity index is 168. The molecule has 1 aliphatic heterocycles. The first kappa shape index (κ1) is 12.8. The Morgan fingerprint density at radius 2 is 1.80 bits per heavy atom. The molecule has 1 heterocycles. The number of unbranched alkanes of at least 4 members (excludes halogenated alkanes) is 4. The molecule has 1 aliphatic rings. The van der Waals surface area contributed by atoms with Crippen LogP contribution in [-0.4, -0.2) is 13.1 Å². The van der Waals surface area contributed by atoms with Gasteiger partial charge in [0, 0.05) is 0 Å². The van der Waals surface area contributed by atoms with E-state index in [4.69, 9.17) is 0 Å². The van der Waals surface area contributed by atoms with E-state index in [1.165, 1.54) is 70.0 Å². The topological polar surface area (TPSA) is 12.0 Å². The van der Waals surface area contributed by atoms with E-state index in [0.717, 1.165) is 5.92 Å². The molecule has 0 aliphatic carbocycles. The molecule has 0 unspecified atom stereocenters. The lowest BCUT2D eigenvalue weighted by Gasteiger charge is -2.24. The highest BCUT2D eigenvalue weighted by molar-refractivity contribution is 5.02. The van der Waals surface area contributed by atoms with Gasteiger partial charge in [0.25, 0.3) is 0 Å². The smallest absolute Gasteiger partial charge is 0.00432 e. The van der Waals surface area contributed by atoms with E-state index in [2.05, 4.69) is 18.8 Å². The van der Waals surface area contributed by atoms with Gasteiger partial charge in [0.2, 0.25) is 0 Å². The van der Waals surface area contributed by atoms with Crippen LogP contribution < -0.4 is 5.32 Å². The van der Waals surface area contributed by atoms with Crippen LogP contribution >= 0.6 is 0 Å². The van der Waals surface area contributed by atoms with Gasteiger partial charge in [0.05, 0.1) is 0 Å². The predicted octanol–water partition coefficient (Wildman–Crippen LogP) is 3.90. The molecular weight excluding hydrogens is 182 g/mol. The molecule has 0 aromatic carbocycles. The lowest BCUT2D eigenvalue weighted by atomic mass is 9.88. The van der Waals surface area contributed by atoms with Crippen LogP contribution in [0.4, 0.5) is 0 Å². The monoisotopic (exact) mass is 209 g/mol. The van der Waals surface area contributed by atoms with Crippen molar-refractivity contribution in [2.24, 2.45) is 5.92 Å². The van der Waals surface area contributed by atoms with E-state index in [1.807, 2.05) is 0 Å². The van der Waals surface area contributed by atoms with Crippen LogP contribution in [0.2, 0.25) is 0 Å². The van der Waals surface area contributed by atoms with E-state index in [1.54, 1.807) is 0 Å². The van der Waals surface area contributed by atoms with Crippen molar-refractivity contribution in [2.45, 2.75) is 58.3 Å². The van der Waals surface area contributed by atoms with Crippen molar-refractivity contribution in [2.75, 3.05) is 13.1 Å². The summed E-state index contributed by atoms with van der Waals surface area (Å²) in [6.07, 6.45) is 10.8. The van der Waals surface area contributed by atoms with Crippen molar-refractivity contribution in [1.82, 2.24) is 5.32 Å². The van der Waals surface area contributed by atoms with Crippen molar-refractivity contribution in [3.63, 3.8) is 0 Å². The molecule has 0 amide bonds. The first-order valence-electron chi connectivity index (χ1n) is 6.73. The van der Waals surface area contributed by atoms with Gasteiger partial charge in [-0.25, -0.2) is 0 Å². The predicted molar refractivity (Wildman–Crippen MR) is 68.1 cm³/mol. The summed E-state index contributed by atoms with van der Waals surface area (Å²) in [6, 6.07) is 0. The average molecular weight is 209 g/mol. The van der Waals surface area contributed by atoms with Crippen LogP contribution in [0.1, 0.15) is 58.3 Å².